The molecule has 2 heteroatoms. The second kappa shape index (κ2) is 3.68. The predicted molar refractivity (Wildman–Crippen MR) is 47.9 cm³/mol. The van der Waals surface area contributed by atoms with Crippen LogP contribution in [0.4, 0.5) is 0 Å². The average molecular weight is 166 g/mol. The van der Waals surface area contributed by atoms with E-state index in [4.69, 9.17) is 4.74 Å². The summed E-state index contributed by atoms with van der Waals surface area (Å²) in [6, 6.07) is 0. The van der Waals surface area contributed by atoms with Crippen molar-refractivity contribution in [1.82, 2.24) is 0 Å². The highest BCUT2D eigenvalue weighted by Crippen LogP contribution is 2.25. The Morgan fingerprint density at radius 2 is 2.25 bits per heavy atom. The molecule has 0 spiro atoms. The fraction of sp³-hybridized carbons (Fsp3) is 0.500. The lowest BCUT2D eigenvalue weighted by molar-refractivity contribution is -0.104. The predicted octanol–water partition coefficient (Wildman–Crippen LogP) is 1.87. The van der Waals surface area contributed by atoms with E-state index >= 15 is 0 Å². The van der Waals surface area contributed by atoms with Crippen molar-refractivity contribution in [1.29, 1.82) is 0 Å². The molecule has 0 aromatic heterocycles. The molecule has 1 atom stereocenters. The average Bonchev–Trinajstić information content (AvgIpc) is 2.10. The van der Waals surface area contributed by atoms with Crippen molar-refractivity contribution in [3.63, 3.8) is 0 Å². The third kappa shape index (κ3) is 1.48. The van der Waals surface area contributed by atoms with Crippen molar-refractivity contribution in [2.24, 2.45) is 0 Å². The van der Waals surface area contributed by atoms with E-state index in [0.29, 0.717) is 0 Å². The van der Waals surface area contributed by atoms with E-state index < -0.39 is 0 Å². The number of allylic oxidation sites excluding steroid dienone is 2. The molecule has 0 aliphatic heterocycles. The minimum atomic E-state index is 0.161. The summed E-state index contributed by atoms with van der Waals surface area (Å²) in [6.07, 6.45) is 3.82. The Morgan fingerprint density at radius 3 is 2.75 bits per heavy atom. The molecule has 0 fully saturated rings. The highest BCUT2D eigenvalue weighted by molar-refractivity contribution is 5.81. The van der Waals surface area contributed by atoms with Crippen molar-refractivity contribution in [3.05, 3.63) is 22.8 Å². The van der Waals surface area contributed by atoms with Gasteiger partial charge in [-0.25, -0.2) is 0 Å². The third-order valence-corrected chi connectivity index (χ3v) is 2.47. The minimum absolute atomic E-state index is 0.161. The second-order valence-corrected chi connectivity index (χ2v) is 3.05. The first-order valence-electron chi connectivity index (χ1n) is 4.06. The van der Waals surface area contributed by atoms with Gasteiger partial charge in [-0.3, -0.25) is 4.79 Å². The molecule has 1 rings (SSSR count). The number of rotatable bonds is 2. The smallest absolute Gasteiger partial charge is 0.149 e. The van der Waals surface area contributed by atoms with E-state index in [-0.39, 0.29) is 6.10 Å². The van der Waals surface area contributed by atoms with Gasteiger partial charge in [0.2, 0.25) is 0 Å². The van der Waals surface area contributed by atoms with Crippen molar-refractivity contribution in [3.8, 4) is 0 Å². The monoisotopic (exact) mass is 166 g/mol. The Balaban J connectivity index is 2.93. The lowest BCUT2D eigenvalue weighted by atomic mass is 9.91. The molecule has 1 aliphatic carbocycles. The summed E-state index contributed by atoms with van der Waals surface area (Å²) in [6.45, 7) is 3.97. The highest BCUT2D eigenvalue weighted by Gasteiger charge is 2.17. The van der Waals surface area contributed by atoms with Gasteiger partial charge in [0, 0.05) is 12.7 Å². The molecule has 0 saturated heterocycles. The van der Waals surface area contributed by atoms with E-state index in [9.17, 15) is 4.79 Å². The maximum absolute atomic E-state index is 10.6. The molecular weight excluding hydrogens is 152 g/mol. The first-order chi connectivity index (χ1) is 5.70. The number of hydrogen-bond acceptors (Lipinski definition) is 2. The van der Waals surface area contributed by atoms with E-state index in [2.05, 4.69) is 0 Å². The molecule has 66 valence electrons. The van der Waals surface area contributed by atoms with Crippen LogP contribution in [0.3, 0.4) is 0 Å². The Kier molecular flexibility index (Phi) is 2.82. The fourth-order valence-electron chi connectivity index (χ4n) is 1.44. The Hall–Kier alpha value is -0.890. The number of ether oxygens (including phenoxy) is 1. The molecule has 1 aliphatic rings. The first-order valence-corrected chi connectivity index (χ1v) is 4.06. The summed E-state index contributed by atoms with van der Waals surface area (Å²) in [7, 11) is 1.70. The summed E-state index contributed by atoms with van der Waals surface area (Å²) in [5.74, 6) is 0. The van der Waals surface area contributed by atoms with Gasteiger partial charge in [-0.05, 0) is 31.4 Å². The van der Waals surface area contributed by atoms with Crippen LogP contribution in [-0.4, -0.2) is 19.5 Å². The van der Waals surface area contributed by atoms with Crippen LogP contribution in [0.1, 0.15) is 20.3 Å². The number of carbonyl (C=O) groups is 1. The van der Waals surface area contributed by atoms with Crippen LogP contribution in [0.2, 0.25) is 0 Å². The van der Waals surface area contributed by atoms with Gasteiger partial charge in [0.15, 0.2) is 0 Å². The summed E-state index contributed by atoms with van der Waals surface area (Å²) >= 11 is 0. The molecule has 0 aromatic rings. The summed E-state index contributed by atoms with van der Waals surface area (Å²) in [5.41, 5.74) is 3.03. The number of hydrogen-bond donors (Lipinski definition) is 0. The van der Waals surface area contributed by atoms with Crippen LogP contribution in [0.15, 0.2) is 22.8 Å². The van der Waals surface area contributed by atoms with Crippen molar-refractivity contribution < 1.29 is 9.53 Å². The van der Waals surface area contributed by atoms with Crippen LogP contribution < -0.4 is 0 Å². The van der Waals surface area contributed by atoms with Crippen molar-refractivity contribution in [2.45, 2.75) is 26.4 Å². The zero-order valence-corrected chi connectivity index (χ0v) is 7.76. The van der Waals surface area contributed by atoms with Gasteiger partial charge in [-0.2, -0.15) is 0 Å². The molecule has 0 heterocycles. The quantitative estimate of drug-likeness (QED) is 0.585. The SMILES string of the molecule is COC1CC=C(C=O)C(C)=C1C. The minimum Gasteiger partial charge on any atom is -0.377 e. The molecule has 0 aromatic carbocycles. The fourth-order valence-corrected chi connectivity index (χ4v) is 1.44. The zero-order valence-electron chi connectivity index (χ0n) is 7.76. The molecule has 0 bridgehead atoms. The normalized spacial score (nSPS) is 23.9. The Morgan fingerprint density at radius 1 is 1.58 bits per heavy atom. The maximum Gasteiger partial charge on any atom is 0.149 e. The molecule has 0 amide bonds. The van der Waals surface area contributed by atoms with Crippen molar-refractivity contribution in [2.75, 3.05) is 7.11 Å². The number of carbonyl (C=O) groups excluding carboxylic acids is 1. The van der Waals surface area contributed by atoms with Gasteiger partial charge < -0.3 is 4.74 Å². The van der Waals surface area contributed by atoms with Crippen LogP contribution in [0.5, 0.6) is 0 Å². The largest absolute Gasteiger partial charge is 0.377 e. The number of methoxy groups -OCH3 is 1. The summed E-state index contributed by atoms with van der Waals surface area (Å²) < 4.78 is 5.25. The van der Waals surface area contributed by atoms with Gasteiger partial charge in [0.25, 0.3) is 0 Å². The van der Waals surface area contributed by atoms with Crippen LogP contribution >= 0.6 is 0 Å². The van der Waals surface area contributed by atoms with Crippen LogP contribution in [0.25, 0.3) is 0 Å². The van der Waals surface area contributed by atoms with E-state index in [1.807, 2.05) is 19.9 Å². The van der Waals surface area contributed by atoms with Gasteiger partial charge in [0.1, 0.15) is 6.29 Å². The highest BCUT2D eigenvalue weighted by atomic mass is 16.5. The molecular formula is C10H14O2. The van der Waals surface area contributed by atoms with Gasteiger partial charge >= 0.3 is 0 Å². The van der Waals surface area contributed by atoms with E-state index in [1.165, 1.54) is 5.57 Å². The maximum atomic E-state index is 10.6. The molecule has 0 saturated carbocycles. The van der Waals surface area contributed by atoms with E-state index in [1.54, 1.807) is 7.11 Å². The Bertz CT molecular complexity index is 249. The van der Waals surface area contributed by atoms with Gasteiger partial charge in [-0.15, -0.1) is 0 Å². The van der Waals surface area contributed by atoms with E-state index in [0.717, 1.165) is 23.9 Å². The van der Waals surface area contributed by atoms with Crippen LogP contribution in [-0.2, 0) is 9.53 Å². The summed E-state index contributed by atoms with van der Waals surface area (Å²) in [4.78, 5) is 10.6. The topological polar surface area (TPSA) is 26.3 Å². The van der Waals surface area contributed by atoms with Crippen LogP contribution in [0, 0.1) is 0 Å². The summed E-state index contributed by atoms with van der Waals surface area (Å²) in [5, 5.41) is 0. The van der Waals surface area contributed by atoms with Crippen molar-refractivity contribution >= 4 is 6.29 Å². The lowest BCUT2D eigenvalue weighted by Gasteiger charge is -2.21. The molecule has 12 heavy (non-hydrogen) atoms. The number of aldehydes is 1. The zero-order chi connectivity index (χ0) is 9.14. The third-order valence-electron chi connectivity index (χ3n) is 2.47. The lowest BCUT2D eigenvalue weighted by Crippen LogP contribution is -2.17. The van der Waals surface area contributed by atoms with Gasteiger partial charge in [-0.1, -0.05) is 6.08 Å². The van der Waals surface area contributed by atoms with Gasteiger partial charge in [0.05, 0.1) is 6.10 Å². The Labute approximate surface area is 72.9 Å². The molecule has 1 unspecified atom stereocenters. The molecule has 0 radical (unpaired) electrons. The molecule has 2 nitrogen and oxygen atoms in total. The second-order valence-electron chi connectivity index (χ2n) is 3.05. The standard InChI is InChI=1S/C10H14O2/c1-7-8(2)10(12-3)5-4-9(7)6-11/h4,6,10H,5H2,1-3H3. The first kappa shape index (κ1) is 9.20. The molecule has 0 N–H and O–H groups in total.